The summed E-state index contributed by atoms with van der Waals surface area (Å²) in [6, 6.07) is 0. The Morgan fingerprint density at radius 2 is 1.86 bits per heavy atom. The molecule has 0 saturated heterocycles. The first-order chi connectivity index (χ1) is 6.80. The minimum Gasteiger partial charge on any atom is -0.387 e. The van der Waals surface area contributed by atoms with Gasteiger partial charge in [-0.25, -0.2) is 0 Å². The lowest BCUT2D eigenvalue weighted by Crippen LogP contribution is -2.17. The number of alkyl halides is 1. The van der Waals surface area contributed by atoms with Crippen LogP contribution in [0, 0.1) is 0 Å². The summed E-state index contributed by atoms with van der Waals surface area (Å²) < 4.78 is 0. The zero-order valence-electron chi connectivity index (χ0n) is 8.58. The fourth-order valence-electron chi connectivity index (χ4n) is 1.64. The second kappa shape index (κ2) is 7.11. The van der Waals surface area contributed by atoms with Crippen molar-refractivity contribution in [2.75, 3.05) is 0 Å². The molecule has 0 bridgehead atoms. The Kier molecular flexibility index (Phi) is 6.02. The van der Waals surface area contributed by atoms with Crippen molar-refractivity contribution < 1.29 is 5.11 Å². The first kappa shape index (κ1) is 11.8. The number of aliphatic hydroxyl groups is 1. The van der Waals surface area contributed by atoms with Crippen LogP contribution in [0.5, 0.6) is 0 Å². The van der Waals surface area contributed by atoms with Crippen molar-refractivity contribution in [1.82, 2.24) is 0 Å². The molecule has 0 amide bonds. The van der Waals surface area contributed by atoms with Crippen molar-refractivity contribution in [2.24, 2.45) is 0 Å². The standard InChI is InChI=1S/C12H19ClO/c13-11-9-7-5-3-1-2-4-6-8-10-12(11)14/h6,10-12,14H,1-5,7,9H2. The monoisotopic (exact) mass is 214 g/mol. The molecule has 0 aromatic heterocycles. The molecule has 2 unspecified atom stereocenters. The fourth-order valence-corrected chi connectivity index (χ4v) is 1.87. The van der Waals surface area contributed by atoms with Gasteiger partial charge in [-0.2, -0.15) is 0 Å². The molecule has 1 aliphatic carbocycles. The summed E-state index contributed by atoms with van der Waals surface area (Å²) in [4.78, 5) is 0. The maximum absolute atomic E-state index is 9.59. The molecule has 0 saturated carbocycles. The normalized spacial score (nSPS) is 30.7. The molecule has 2 heteroatoms. The predicted octanol–water partition coefficient (Wildman–Crippen LogP) is 3.41. The molecule has 0 spiro atoms. The Morgan fingerprint density at radius 3 is 2.71 bits per heavy atom. The smallest absolute Gasteiger partial charge is 0.0957 e. The molecule has 14 heavy (non-hydrogen) atoms. The van der Waals surface area contributed by atoms with E-state index in [1.165, 1.54) is 25.7 Å². The number of hydrogen-bond acceptors (Lipinski definition) is 1. The highest BCUT2D eigenvalue weighted by Gasteiger charge is 2.12. The zero-order valence-corrected chi connectivity index (χ0v) is 9.34. The maximum atomic E-state index is 9.59. The molecule has 1 aliphatic rings. The van der Waals surface area contributed by atoms with Gasteiger partial charge in [0.2, 0.25) is 0 Å². The van der Waals surface area contributed by atoms with Crippen LogP contribution in [-0.2, 0) is 0 Å². The highest BCUT2D eigenvalue weighted by molar-refractivity contribution is 6.21. The fraction of sp³-hybridized carbons (Fsp3) is 0.750. The lowest BCUT2D eigenvalue weighted by Gasteiger charge is -2.12. The van der Waals surface area contributed by atoms with E-state index in [4.69, 9.17) is 11.6 Å². The average Bonchev–Trinajstić information content (AvgIpc) is 2.18. The van der Waals surface area contributed by atoms with E-state index in [1.54, 1.807) is 6.08 Å². The zero-order chi connectivity index (χ0) is 10.2. The van der Waals surface area contributed by atoms with Gasteiger partial charge in [0, 0.05) is 0 Å². The van der Waals surface area contributed by atoms with E-state index in [-0.39, 0.29) is 5.38 Å². The minimum atomic E-state index is -0.535. The molecule has 80 valence electrons. The lowest BCUT2D eigenvalue weighted by molar-refractivity contribution is 0.212. The largest absolute Gasteiger partial charge is 0.387 e. The molecule has 0 aromatic carbocycles. The SMILES string of the molecule is OC1C=C=CCCCCCCCC1Cl. The van der Waals surface area contributed by atoms with Crippen LogP contribution < -0.4 is 0 Å². The van der Waals surface area contributed by atoms with Crippen LogP contribution in [0.15, 0.2) is 17.9 Å². The lowest BCUT2D eigenvalue weighted by atomic mass is 10.0. The summed E-state index contributed by atoms with van der Waals surface area (Å²) in [5, 5.41) is 9.45. The highest BCUT2D eigenvalue weighted by Crippen LogP contribution is 2.16. The summed E-state index contributed by atoms with van der Waals surface area (Å²) in [7, 11) is 0. The van der Waals surface area contributed by atoms with Crippen molar-refractivity contribution in [1.29, 1.82) is 0 Å². The molecule has 1 nitrogen and oxygen atoms in total. The number of halogens is 1. The maximum Gasteiger partial charge on any atom is 0.0957 e. The van der Waals surface area contributed by atoms with Crippen molar-refractivity contribution in [3.63, 3.8) is 0 Å². The summed E-state index contributed by atoms with van der Waals surface area (Å²) in [6.45, 7) is 0. The van der Waals surface area contributed by atoms with Gasteiger partial charge < -0.3 is 5.11 Å². The third-order valence-corrected chi connectivity index (χ3v) is 3.06. The van der Waals surface area contributed by atoms with Gasteiger partial charge in [0.25, 0.3) is 0 Å². The van der Waals surface area contributed by atoms with Crippen molar-refractivity contribution in [3.05, 3.63) is 17.9 Å². The summed E-state index contributed by atoms with van der Waals surface area (Å²) in [5.41, 5.74) is 3.00. The Bertz CT molecular complexity index is 206. The third-order valence-electron chi connectivity index (χ3n) is 2.58. The topological polar surface area (TPSA) is 20.2 Å². The molecule has 1 rings (SSSR count). The van der Waals surface area contributed by atoms with Crippen LogP contribution in [0.1, 0.15) is 44.9 Å². The molecule has 0 aliphatic heterocycles. The van der Waals surface area contributed by atoms with Crippen LogP contribution in [0.2, 0.25) is 0 Å². The Labute approximate surface area is 91.5 Å². The molecule has 2 atom stereocenters. The van der Waals surface area contributed by atoms with Gasteiger partial charge in [-0.1, -0.05) is 25.7 Å². The second-order valence-corrected chi connectivity index (χ2v) is 4.45. The van der Waals surface area contributed by atoms with Gasteiger partial charge in [0.05, 0.1) is 11.5 Å². The van der Waals surface area contributed by atoms with Crippen molar-refractivity contribution >= 4 is 11.6 Å². The van der Waals surface area contributed by atoms with E-state index in [0.29, 0.717) is 0 Å². The minimum absolute atomic E-state index is 0.143. The Hall–Kier alpha value is -0.230. The average molecular weight is 215 g/mol. The second-order valence-electron chi connectivity index (χ2n) is 3.89. The summed E-state index contributed by atoms with van der Waals surface area (Å²) >= 11 is 6.03. The Balaban J connectivity index is 2.47. The number of hydrogen-bond donors (Lipinski definition) is 1. The first-order valence-corrected chi connectivity index (χ1v) is 5.97. The molecular formula is C12H19ClO. The van der Waals surface area contributed by atoms with Gasteiger partial charge in [0.1, 0.15) is 0 Å². The Morgan fingerprint density at radius 1 is 1.14 bits per heavy atom. The predicted molar refractivity (Wildman–Crippen MR) is 60.6 cm³/mol. The highest BCUT2D eigenvalue weighted by atomic mass is 35.5. The van der Waals surface area contributed by atoms with Crippen LogP contribution in [0.4, 0.5) is 0 Å². The molecule has 0 heterocycles. The van der Waals surface area contributed by atoms with Gasteiger partial charge in [-0.05, 0) is 31.4 Å². The summed E-state index contributed by atoms with van der Waals surface area (Å²) in [5.74, 6) is 0. The van der Waals surface area contributed by atoms with E-state index in [2.05, 4.69) is 5.73 Å². The van der Waals surface area contributed by atoms with Crippen molar-refractivity contribution in [2.45, 2.75) is 56.4 Å². The third kappa shape index (κ3) is 4.85. The summed E-state index contributed by atoms with van der Waals surface area (Å²) in [6.07, 6.45) is 11.3. The van der Waals surface area contributed by atoms with E-state index >= 15 is 0 Å². The van der Waals surface area contributed by atoms with Gasteiger partial charge >= 0.3 is 0 Å². The van der Waals surface area contributed by atoms with E-state index < -0.39 is 6.10 Å². The van der Waals surface area contributed by atoms with E-state index in [1.807, 2.05) is 6.08 Å². The molecule has 0 aromatic rings. The number of rotatable bonds is 0. The van der Waals surface area contributed by atoms with Gasteiger partial charge in [-0.3, -0.25) is 0 Å². The molecule has 1 N–H and O–H groups in total. The van der Waals surface area contributed by atoms with E-state index in [9.17, 15) is 5.11 Å². The molecule has 0 fully saturated rings. The van der Waals surface area contributed by atoms with Crippen molar-refractivity contribution in [3.8, 4) is 0 Å². The quantitative estimate of drug-likeness (QED) is 0.484. The molecular weight excluding hydrogens is 196 g/mol. The first-order valence-electron chi connectivity index (χ1n) is 5.54. The number of aliphatic hydroxyl groups excluding tert-OH is 1. The van der Waals surface area contributed by atoms with Crippen LogP contribution in [0.25, 0.3) is 0 Å². The molecule has 0 radical (unpaired) electrons. The van der Waals surface area contributed by atoms with Crippen LogP contribution in [0.3, 0.4) is 0 Å². The van der Waals surface area contributed by atoms with Gasteiger partial charge in [0.15, 0.2) is 0 Å². The van der Waals surface area contributed by atoms with Crippen LogP contribution in [-0.4, -0.2) is 16.6 Å². The van der Waals surface area contributed by atoms with Gasteiger partial charge in [-0.15, -0.1) is 17.3 Å². The van der Waals surface area contributed by atoms with Crippen LogP contribution >= 0.6 is 11.6 Å². The van der Waals surface area contributed by atoms with E-state index in [0.717, 1.165) is 19.3 Å².